The normalized spacial score (nSPS) is 11.0. The van der Waals surface area contributed by atoms with Crippen LogP contribution in [0.5, 0.6) is 0 Å². The van der Waals surface area contributed by atoms with Crippen LogP contribution in [0.15, 0.2) is 18.2 Å². The molecule has 0 saturated carbocycles. The van der Waals surface area contributed by atoms with Crippen LogP contribution in [0.25, 0.3) is 0 Å². The number of hydrogen-bond acceptors (Lipinski definition) is 0. The van der Waals surface area contributed by atoms with E-state index in [-0.39, 0.29) is 33.6 Å². The first-order valence-electron chi connectivity index (χ1n) is 2.00. The molecule has 4 heteroatoms. The summed E-state index contributed by atoms with van der Waals surface area (Å²) in [4.78, 5) is 0. The predicted molar refractivity (Wildman–Crippen MR) is 56.0 cm³/mol. The first-order valence-corrected chi connectivity index (χ1v) is 14.6. The van der Waals surface area contributed by atoms with Crippen LogP contribution in [-0.2, 0) is 26.2 Å². The molecule has 0 atom stereocenters. The molecule has 0 unspecified atom stereocenters. The fourth-order valence-electron chi connectivity index (χ4n) is 0.340. The second-order valence-corrected chi connectivity index (χ2v) is 17.3. The first-order chi connectivity index (χ1) is 3.91. The average molecular weight is 552 g/mol. The van der Waals surface area contributed by atoms with Gasteiger partial charge in [-0.15, -0.1) is 6.42 Å². The van der Waals surface area contributed by atoms with E-state index in [0.717, 1.165) is 6.42 Å². The molecule has 0 spiro atoms. The van der Waals surface area contributed by atoms with Crippen LogP contribution in [0.1, 0.15) is 6.42 Å². The molecule has 0 bridgehead atoms. The second kappa shape index (κ2) is 17.6. The fraction of sp³-hybridized carbons (Fsp3) is 0.167. The summed E-state index contributed by atoms with van der Waals surface area (Å²) in [6.07, 6.45) is 10.0. The molecular weight excluding hydrogens is 544 g/mol. The van der Waals surface area contributed by atoms with Gasteiger partial charge in [0.2, 0.25) is 0 Å². The van der Waals surface area contributed by atoms with Gasteiger partial charge in [0, 0.05) is 0 Å². The monoisotopic (exact) mass is 551 g/mol. The summed E-state index contributed by atoms with van der Waals surface area (Å²) < 4.78 is 0. The maximum Gasteiger partial charge on any atom is 2.00 e. The Bertz CT molecular complexity index is 81.0. The quantitative estimate of drug-likeness (QED) is 0.304. The van der Waals surface area contributed by atoms with Crippen molar-refractivity contribution in [3.8, 4) is 0 Å². The third-order valence-electron chi connectivity index (χ3n) is 0.586. The van der Waals surface area contributed by atoms with Crippen LogP contribution < -0.4 is 13.3 Å². The molecular formula is C6H8I3Zr-. The third kappa shape index (κ3) is 16.9. The molecule has 0 radical (unpaired) electrons. The second-order valence-electron chi connectivity index (χ2n) is 1.06. The van der Waals surface area contributed by atoms with Gasteiger partial charge in [-0.25, -0.2) is 12.2 Å². The third-order valence-corrected chi connectivity index (χ3v) is 0.586. The summed E-state index contributed by atoms with van der Waals surface area (Å²) in [5, 5.41) is 0. The van der Waals surface area contributed by atoms with E-state index in [1.807, 2.05) is 12.2 Å². The van der Waals surface area contributed by atoms with Crippen LogP contribution >= 0.6 is 37.2 Å². The zero-order valence-corrected chi connectivity index (χ0v) is 14.5. The van der Waals surface area contributed by atoms with E-state index < -0.39 is 0 Å². The Morgan fingerprint density at radius 1 is 1.40 bits per heavy atom. The van der Waals surface area contributed by atoms with Crippen LogP contribution in [0.3, 0.4) is 0 Å². The topological polar surface area (TPSA) is 0 Å². The molecule has 10 heavy (non-hydrogen) atoms. The molecule has 0 N–H and O–H groups in total. The standard InChI is InChI=1S/C5H5.CH3.I3.Zr/c1-2-4-5-3-1;;1-3-2;/h1-3H,4H2;1H3;;/q3*-1;+2. The van der Waals surface area contributed by atoms with Gasteiger partial charge in [-0.3, -0.25) is 6.08 Å². The van der Waals surface area contributed by atoms with E-state index in [0.29, 0.717) is 13.3 Å². The maximum atomic E-state index is 2.99. The molecule has 1 aliphatic rings. The molecule has 0 aromatic heterocycles. The van der Waals surface area contributed by atoms with Crippen molar-refractivity contribution < 1.29 is 39.5 Å². The summed E-state index contributed by atoms with van der Waals surface area (Å²) in [7, 11) is 0. The van der Waals surface area contributed by atoms with Crippen LogP contribution in [-0.4, -0.2) is 0 Å². The average Bonchev–Trinajstić information content (AvgIpc) is 2.17. The minimum Gasteiger partial charge on any atom is -0.358 e. The Hall–Kier alpha value is 2.55. The van der Waals surface area contributed by atoms with Gasteiger partial charge in [0.15, 0.2) is 0 Å². The van der Waals surface area contributed by atoms with E-state index in [2.05, 4.69) is 49.4 Å². The van der Waals surface area contributed by atoms with Crippen molar-refractivity contribution in [3.05, 3.63) is 31.7 Å². The molecule has 0 amide bonds. The first kappa shape index (κ1) is 18.4. The van der Waals surface area contributed by atoms with Crippen molar-refractivity contribution in [1.82, 2.24) is 0 Å². The largest absolute Gasteiger partial charge is 2.00 e. The Morgan fingerprint density at radius 2 is 1.90 bits per heavy atom. The predicted octanol–water partition coefficient (Wildman–Crippen LogP) is 0.529. The molecule has 0 aromatic carbocycles. The molecule has 0 saturated heterocycles. The zero-order chi connectivity index (χ0) is 6.24. The molecule has 0 fully saturated rings. The minimum absolute atomic E-state index is 0. The molecule has 1 aliphatic carbocycles. The maximum absolute atomic E-state index is 2.99. The van der Waals surface area contributed by atoms with Gasteiger partial charge < -0.3 is 7.43 Å². The van der Waals surface area contributed by atoms with Gasteiger partial charge in [0.25, 0.3) is 0 Å². The fourth-order valence-corrected chi connectivity index (χ4v) is 0.340. The number of rotatable bonds is 0. The van der Waals surface area contributed by atoms with E-state index in [1.54, 1.807) is 0 Å². The van der Waals surface area contributed by atoms with Gasteiger partial charge >= 0.3 is 76.7 Å². The van der Waals surface area contributed by atoms with Crippen molar-refractivity contribution in [3.63, 3.8) is 0 Å². The molecule has 0 nitrogen and oxygen atoms in total. The SMILES string of the molecule is I[I-]I.[C-]1=CC=CC1.[CH3-].[Zr+2]. The van der Waals surface area contributed by atoms with Gasteiger partial charge in [0.05, 0.1) is 0 Å². The van der Waals surface area contributed by atoms with Crippen molar-refractivity contribution in [2.24, 2.45) is 0 Å². The smallest absolute Gasteiger partial charge is 0.358 e. The van der Waals surface area contributed by atoms with Crippen LogP contribution in [0.2, 0.25) is 0 Å². The molecule has 0 aromatic rings. The van der Waals surface area contributed by atoms with Crippen molar-refractivity contribution in [2.75, 3.05) is 0 Å². The van der Waals surface area contributed by atoms with Gasteiger partial charge in [0.1, 0.15) is 0 Å². The van der Waals surface area contributed by atoms with Crippen molar-refractivity contribution >= 4 is 37.2 Å². The van der Waals surface area contributed by atoms with E-state index in [4.69, 9.17) is 0 Å². The van der Waals surface area contributed by atoms with E-state index in [9.17, 15) is 0 Å². The van der Waals surface area contributed by atoms with E-state index in [1.165, 1.54) is 0 Å². The Balaban J connectivity index is -0.0000000900. The summed E-state index contributed by atoms with van der Waals surface area (Å²) in [5.41, 5.74) is 0. The van der Waals surface area contributed by atoms with Crippen LogP contribution in [0.4, 0.5) is 0 Å². The summed E-state index contributed by atoms with van der Waals surface area (Å²) in [5.74, 6) is 0. The van der Waals surface area contributed by atoms with Crippen molar-refractivity contribution in [1.29, 1.82) is 0 Å². The van der Waals surface area contributed by atoms with Gasteiger partial charge in [-0.1, -0.05) is 0 Å². The molecule has 1 rings (SSSR count). The Morgan fingerprint density at radius 3 is 2.00 bits per heavy atom. The summed E-state index contributed by atoms with van der Waals surface area (Å²) in [6, 6.07) is 0. The van der Waals surface area contributed by atoms with Crippen molar-refractivity contribution in [2.45, 2.75) is 6.42 Å². The Labute approximate surface area is 112 Å². The van der Waals surface area contributed by atoms with Gasteiger partial charge in [-0.2, -0.15) is 6.08 Å². The number of hydrogen-bond donors (Lipinski definition) is 0. The van der Waals surface area contributed by atoms with Gasteiger partial charge in [-0.05, 0) is 0 Å². The Kier molecular flexibility index (Phi) is 32.3. The zero-order valence-electron chi connectivity index (χ0n) is 5.57. The minimum atomic E-state index is 0. The molecule has 58 valence electrons. The summed E-state index contributed by atoms with van der Waals surface area (Å²) >= 11 is 5.30. The number of allylic oxidation sites excluding steroid dienone is 4. The molecule has 0 aliphatic heterocycles. The number of halogens is 3. The van der Waals surface area contributed by atoms with Crippen LogP contribution in [0, 0.1) is 13.5 Å². The molecule has 0 heterocycles. The van der Waals surface area contributed by atoms with E-state index >= 15 is 0 Å². The summed E-state index contributed by atoms with van der Waals surface area (Å²) in [6.45, 7) is 0.